The van der Waals surface area contributed by atoms with Crippen LogP contribution in [0.3, 0.4) is 0 Å². The van der Waals surface area contributed by atoms with Crippen LogP contribution in [-0.2, 0) is 10.2 Å². The third-order valence-corrected chi connectivity index (χ3v) is 4.99. The van der Waals surface area contributed by atoms with E-state index in [4.69, 9.17) is 0 Å². The number of thioether (sulfide) groups is 1. The van der Waals surface area contributed by atoms with Gasteiger partial charge in [-0.2, -0.15) is 11.8 Å². The van der Waals surface area contributed by atoms with Crippen molar-refractivity contribution >= 4 is 17.7 Å². The van der Waals surface area contributed by atoms with E-state index in [0.29, 0.717) is 0 Å². The number of hydrogen-bond acceptors (Lipinski definition) is 3. The van der Waals surface area contributed by atoms with Crippen molar-refractivity contribution in [1.29, 1.82) is 0 Å². The van der Waals surface area contributed by atoms with E-state index in [1.807, 2.05) is 30.0 Å². The van der Waals surface area contributed by atoms with Gasteiger partial charge in [-0.1, -0.05) is 30.3 Å². The van der Waals surface area contributed by atoms with Crippen molar-refractivity contribution in [3.63, 3.8) is 0 Å². The van der Waals surface area contributed by atoms with Gasteiger partial charge in [0.25, 0.3) is 0 Å². The second-order valence-corrected chi connectivity index (χ2v) is 6.84. The van der Waals surface area contributed by atoms with E-state index in [9.17, 15) is 4.79 Å². The van der Waals surface area contributed by atoms with Gasteiger partial charge in [0, 0.05) is 6.04 Å². The molecule has 2 N–H and O–H groups in total. The number of carbonyl (C=O) groups excluding carboxylic acids is 1. The lowest BCUT2D eigenvalue weighted by molar-refractivity contribution is -0.128. The fourth-order valence-corrected chi connectivity index (χ4v) is 3.58. The molecule has 0 aliphatic carbocycles. The first-order valence-corrected chi connectivity index (χ1v) is 9.14. The van der Waals surface area contributed by atoms with Crippen LogP contribution in [0.5, 0.6) is 0 Å². The summed E-state index contributed by atoms with van der Waals surface area (Å²) in [4.78, 5) is 12.9. The predicted octanol–water partition coefficient (Wildman–Crippen LogP) is 2.57. The molecule has 1 aliphatic heterocycles. The third kappa shape index (κ3) is 4.01. The van der Waals surface area contributed by atoms with Gasteiger partial charge in [0.1, 0.15) is 0 Å². The maximum Gasteiger partial charge on any atom is 0.230 e. The van der Waals surface area contributed by atoms with Crippen LogP contribution in [0.1, 0.15) is 31.7 Å². The minimum Gasteiger partial charge on any atom is -0.353 e. The summed E-state index contributed by atoms with van der Waals surface area (Å²) in [6, 6.07) is 10.5. The molecule has 116 valence electrons. The normalized spacial score (nSPS) is 19.0. The Morgan fingerprint density at radius 2 is 2.00 bits per heavy atom. The topological polar surface area (TPSA) is 41.1 Å². The second kappa shape index (κ2) is 7.85. The molecule has 1 saturated heterocycles. The summed E-state index contributed by atoms with van der Waals surface area (Å²) in [5, 5.41) is 6.61. The van der Waals surface area contributed by atoms with Crippen LogP contribution in [0.25, 0.3) is 0 Å². The largest absolute Gasteiger partial charge is 0.353 e. The highest BCUT2D eigenvalue weighted by Gasteiger charge is 2.41. The Morgan fingerprint density at radius 1 is 1.33 bits per heavy atom. The molecule has 2 rings (SSSR count). The van der Waals surface area contributed by atoms with Gasteiger partial charge < -0.3 is 10.6 Å². The zero-order valence-electron chi connectivity index (χ0n) is 13.0. The van der Waals surface area contributed by atoms with Crippen LogP contribution in [0.15, 0.2) is 30.3 Å². The zero-order valence-corrected chi connectivity index (χ0v) is 13.8. The van der Waals surface area contributed by atoms with Crippen molar-refractivity contribution in [3.8, 4) is 0 Å². The Bertz CT molecular complexity index is 443. The molecule has 1 unspecified atom stereocenters. The molecule has 0 bridgehead atoms. The zero-order chi connectivity index (χ0) is 15.1. The van der Waals surface area contributed by atoms with Crippen LogP contribution >= 0.6 is 11.8 Å². The molecular formula is C17H26N2OS. The molecule has 0 spiro atoms. The van der Waals surface area contributed by atoms with Gasteiger partial charge in [0.05, 0.1) is 5.41 Å². The van der Waals surface area contributed by atoms with Crippen LogP contribution in [0, 0.1) is 0 Å². The summed E-state index contributed by atoms with van der Waals surface area (Å²) in [6.45, 7) is 3.91. The summed E-state index contributed by atoms with van der Waals surface area (Å²) in [5.41, 5.74) is 0.793. The first-order chi connectivity index (χ1) is 10.2. The molecule has 21 heavy (non-hydrogen) atoms. The van der Waals surface area contributed by atoms with Crippen molar-refractivity contribution in [2.45, 2.75) is 37.6 Å². The Kier molecular flexibility index (Phi) is 6.12. The van der Waals surface area contributed by atoms with Crippen LogP contribution < -0.4 is 10.6 Å². The number of nitrogens with one attached hydrogen (secondary N) is 2. The molecule has 0 saturated carbocycles. The molecule has 4 heteroatoms. The molecule has 1 aliphatic rings. The summed E-state index contributed by atoms with van der Waals surface area (Å²) in [5.74, 6) is 1.28. The Labute approximate surface area is 132 Å². The molecule has 1 fully saturated rings. The highest BCUT2D eigenvalue weighted by atomic mass is 32.2. The predicted molar refractivity (Wildman–Crippen MR) is 90.8 cm³/mol. The van der Waals surface area contributed by atoms with Crippen LogP contribution in [0.2, 0.25) is 0 Å². The van der Waals surface area contributed by atoms with Gasteiger partial charge in [0.15, 0.2) is 0 Å². The molecule has 1 amide bonds. The first-order valence-electron chi connectivity index (χ1n) is 7.75. The highest BCUT2D eigenvalue weighted by molar-refractivity contribution is 7.98. The molecule has 1 aromatic rings. The molecule has 1 heterocycles. The van der Waals surface area contributed by atoms with Gasteiger partial charge >= 0.3 is 0 Å². The molecular weight excluding hydrogens is 280 g/mol. The lowest BCUT2D eigenvalue weighted by atomic mass is 9.72. The lowest BCUT2D eigenvalue weighted by Gasteiger charge is -2.37. The SMILES string of the molecule is CSCCC(C)NC(=O)C1(c2ccccc2)CCNCC1. The molecule has 1 atom stereocenters. The summed E-state index contributed by atoms with van der Waals surface area (Å²) in [6.07, 6.45) is 4.87. The number of piperidine rings is 1. The molecule has 3 nitrogen and oxygen atoms in total. The molecule has 0 aromatic heterocycles. The van der Waals surface area contributed by atoms with Crippen molar-refractivity contribution in [1.82, 2.24) is 10.6 Å². The van der Waals surface area contributed by atoms with E-state index in [2.05, 4.69) is 35.9 Å². The van der Waals surface area contributed by atoms with Gasteiger partial charge in [-0.05, 0) is 56.8 Å². The van der Waals surface area contributed by atoms with Crippen molar-refractivity contribution in [3.05, 3.63) is 35.9 Å². The maximum atomic E-state index is 12.9. The van der Waals surface area contributed by atoms with E-state index < -0.39 is 0 Å². The average Bonchev–Trinajstić information content (AvgIpc) is 2.54. The number of amides is 1. The summed E-state index contributed by atoms with van der Waals surface area (Å²) in [7, 11) is 0. The van der Waals surface area contributed by atoms with E-state index >= 15 is 0 Å². The Hall–Kier alpha value is -1.00. The van der Waals surface area contributed by atoms with Crippen LogP contribution in [-0.4, -0.2) is 37.0 Å². The second-order valence-electron chi connectivity index (χ2n) is 5.85. The quantitative estimate of drug-likeness (QED) is 0.849. The highest BCUT2D eigenvalue weighted by Crippen LogP contribution is 2.33. The smallest absolute Gasteiger partial charge is 0.230 e. The minimum absolute atomic E-state index is 0.198. The van der Waals surface area contributed by atoms with Crippen molar-refractivity contribution < 1.29 is 4.79 Å². The Morgan fingerprint density at radius 3 is 2.62 bits per heavy atom. The fourth-order valence-electron chi connectivity index (χ4n) is 2.99. The van der Waals surface area contributed by atoms with E-state index in [1.165, 1.54) is 0 Å². The number of benzene rings is 1. The van der Waals surface area contributed by atoms with Gasteiger partial charge in [0.2, 0.25) is 5.91 Å². The summed E-state index contributed by atoms with van der Waals surface area (Å²) < 4.78 is 0. The number of rotatable bonds is 6. The van der Waals surface area contributed by atoms with Gasteiger partial charge in [-0.25, -0.2) is 0 Å². The van der Waals surface area contributed by atoms with E-state index in [0.717, 1.165) is 43.7 Å². The van der Waals surface area contributed by atoms with E-state index in [-0.39, 0.29) is 17.4 Å². The third-order valence-electron chi connectivity index (χ3n) is 4.35. The fraction of sp³-hybridized carbons (Fsp3) is 0.588. The number of hydrogen-bond donors (Lipinski definition) is 2. The number of carbonyl (C=O) groups is 1. The molecule has 1 aromatic carbocycles. The maximum absolute atomic E-state index is 12.9. The first kappa shape index (κ1) is 16.4. The minimum atomic E-state index is -0.361. The summed E-state index contributed by atoms with van der Waals surface area (Å²) >= 11 is 1.83. The van der Waals surface area contributed by atoms with Crippen molar-refractivity contribution in [2.24, 2.45) is 0 Å². The van der Waals surface area contributed by atoms with Crippen molar-refractivity contribution in [2.75, 3.05) is 25.1 Å². The Balaban J connectivity index is 2.14. The monoisotopic (exact) mass is 306 g/mol. The standard InChI is InChI=1S/C17H26N2OS/c1-14(8-13-21-2)19-16(20)17(9-11-18-12-10-17)15-6-4-3-5-7-15/h3-7,14,18H,8-13H2,1-2H3,(H,19,20). The van der Waals surface area contributed by atoms with Crippen LogP contribution in [0.4, 0.5) is 0 Å². The van der Waals surface area contributed by atoms with E-state index in [1.54, 1.807) is 0 Å². The average molecular weight is 306 g/mol. The van der Waals surface area contributed by atoms with Gasteiger partial charge in [-0.3, -0.25) is 4.79 Å². The molecule has 0 radical (unpaired) electrons. The lowest BCUT2D eigenvalue weighted by Crippen LogP contribution is -2.52. The van der Waals surface area contributed by atoms with Gasteiger partial charge in [-0.15, -0.1) is 0 Å².